The molecule has 0 amide bonds. The van der Waals surface area contributed by atoms with Crippen LogP contribution in [0, 0.1) is 19.7 Å². The van der Waals surface area contributed by atoms with Crippen LogP contribution in [-0.2, 0) is 13.1 Å². The van der Waals surface area contributed by atoms with Crippen LogP contribution in [-0.4, -0.2) is 16.6 Å². The minimum atomic E-state index is -0.214. The minimum Gasteiger partial charge on any atom is -0.369 e. The van der Waals surface area contributed by atoms with Crippen LogP contribution in [0.5, 0.6) is 0 Å². The van der Waals surface area contributed by atoms with E-state index in [0.29, 0.717) is 6.54 Å². The van der Waals surface area contributed by atoms with Crippen molar-refractivity contribution in [3.63, 3.8) is 0 Å². The first-order chi connectivity index (χ1) is 11.0. The van der Waals surface area contributed by atoms with Crippen molar-refractivity contribution >= 4 is 16.6 Å². The van der Waals surface area contributed by atoms with Gasteiger partial charge in [0.05, 0.1) is 17.8 Å². The van der Waals surface area contributed by atoms with Crippen LogP contribution in [0.2, 0.25) is 0 Å². The first-order valence-corrected chi connectivity index (χ1v) is 7.93. The number of aromatic nitrogens is 2. The van der Waals surface area contributed by atoms with Crippen molar-refractivity contribution < 1.29 is 4.39 Å². The summed E-state index contributed by atoms with van der Waals surface area (Å²) in [5.41, 5.74) is 5.84. The van der Waals surface area contributed by atoms with Crippen molar-refractivity contribution in [2.24, 2.45) is 0 Å². The van der Waals surface area contributed by atoms with Crippen molar-refractivity contribution in [1.29, 1.82) is 0 Å². The van der Waals surface area contributed by atoms with Crippen molar-refractivity contribution in [2.75, 3.05) is 11.9 Å². The van der Waals surface area contributed by atoms with E-state index >= 15 is 0 Å². The van der Waals surface area contributed by atoms with Gasteiger partial charge in [-0.25, -0.2) is 4.39 Å². The van der Waals surface area contributed by atoms with Gasteiger partial charge in [-0.15, -0.1) is 0 Å². The molecule has 1 aromatic carbocycles. The largest absolute Gasteiger partial charge is 0.369 e. The molecule has 0 N–H and O–H groups in total. The van der Waals surface area contributed by atoms with Crippen molar-refractivity contribution in [2.45, 2.75) is 33.9 Å². The molecule has 3 rings (SSSR count). The molecule has 0 fully saturated rings. The second-order valence-corrected chi connectivity index (χ2v) is 5.94. The Bertz CT molecular complexity index is 834. The van der Waals surface area contributed by atoms with Crippen LogP contribution in [0.1, 0.15) is 23.9 Å². The van der Waals surface area contributed by atoms with Crippen LogP contribution in [0.3, 0.4) is 0 Å². The Kier molecular flexibility index (Phi) is 4.07. The summed E-state index contributed by atoms with van der Waals surface area (Å²) in [6.07, 6.45) is 1.88. The SMILES string of the molecule is CCn1c(C)c(C)c2ccnc(CN(C)c3ccc(F)cc3)c21. The molecule has 23 heavy (non-hydrogen) atoms. The first kappa shape index (κ1) is 15.5. The lowest BCUT2D eigenvalue weighted by Gasteiger charge is -2.20. The van der Waals surface area contributed by atoms with E-state index in [9.17, 15) is 4.39 Å². The molecule has 0 saturated heterocycles. The molecule has 4 heteroatoms. The normalized spacial score (nSPS) is 11.2. The summed E-state index contributed by atoms with van der Waals surface area (Å²) in [5.74, 6) is -0.214. The maximum Gasteiger partial charge on any atom is 0.123 e. The number of hydrogen-bond donors (Lipinski definition) is 0. The van der Waals surface area contributed by atoms with E-state index in [1.54, 1.807) is 12.1 Å². The molecule has 0 spiro atoms. The molecule has 0 unspecified atom stereocenters. The molecule has 0 bridgehead atoms. The maximum atomic E-state index is 13.1. The van der Waals surface area contributed by atoms with E-state index in [4.69, 9.17) is 0 Å². The zero-order valence-corrected chi connectivity index (χ0v) is 14.1. The topological polar surface area (TPSA) is 21.1 Å². The fourth-order valence-corrected chi connectivity index (χ4v) is 3.19. The minimum absolute atomic E-state index is 0.214. The Hall–Kier alpha value is -2.36. The molecule has 3 aromatic rings. The van der Waals surface area contributed by atoms with Gasteiger partial charge in [-0.3, -0.25) is 4.98 Å². The van der Waals surface area contributed by atoms with E-state index in [0.717, 1.165) is 17.9 Å². The summed E-state index contributed by atoms with van der Waals surface area (Å²) < 4.78 is 15.4. The Morgan fingerprint density at radius 1 is 1.13 bits per heavy atom. The molecular formula is C19H22FN3. The van der Waals surface area contributed by atoms with E-state index in [1.807, 2.05) is 13.2 Å². The zero-order valence-electron chi connectivity index (χ0n) is 14.1. The average Bonchev–Trinajstić information content (AvgIpc) is 2.80. The molecular weight excluding hydrogens is 289 g/mol. The monoisotopic (exact) mass is 311 g/mol. The lowest BCUT2D eigenvalue weighted by molar-refractivity contribution is 0.627. The quantitative estimate of drug-likeness (QED) is 0.710. The number of halogens is 1. The summed E-state index contributed by atoms with van der Waals surface area (Å²) in [6, 6.07) is 8.66. The highest BCUT2D eigenvalue weighted by Gasteiger charge is 2.15. The van der Waals surface area contributed by atoms with Crippen LogP contribution < -0.4 is 4.90 Å². The van der Waals surface area contributed by atoms with Gasteiger partial charge in [0.15, 0.2) is 0 Å². The molecule has 0 atom stereocenters. The maximum absolute atomic E-state index is 13.1. The van der Waals surface area contributed by atoms with Crippen LogP contribution in [0.4, 0.5) is 10.1 Å². The van der Waals surface area contributed by atoms with Crippen molar-refractivity contribution in [3.05, 3.63) is 59.3 Å². The fraction of sp³-hybridized carbons (Fsp3) is 0.316. The first-order valence-electron chi connectivity index (χ1n) is 7.93. The molecule has 0 aliphatic carbocycles. The highest BCUT2D eigenvalue weighted by Crippen LogP contribution is 2.28. The highest BCUT2D eigenvalue weighted by atomic mass is 19.1. The van der Waals surface area contributed by atoms with Crippen LogP contribution in [0.25, 0.3) is 10.9 Å². The second-order valence-electron chi connectivity index (χ2n) is 5.94. The fourth-order valence-electron chi connectivity index (χ4n) is 3.19. The number of aryl methyl sites for hydroxylation is 2. The van der Waals surface area contributed by atoms with Gasteiger partial charge in [0.2, 0.25) is 0 Å². The number of pyridine rings is 1. The lowest BCUT2D eigenvalue weighted by Crippen LogP contribution is -2.18. The molecule has 0 radical (unpaired) electrons. The molecule has 0 aliphatic heterocycles. The third-order valence-electron chi connectivity index (χ3n) is 4.59. The summed E-state index contributed by atoms with van der Waals surface area (Å²) in [7, 11) is 2.01. The number of rotatable bonds is 4. The predicted molar refractivity (Wildman–Crippen MR) is 93.4 cm³/mol. The second kappa shape index (κ2) is 6.03. The van der Waals surface area contributed by atoms with Gasteiger partial charge < -0.3 is 9.47 Å². The zero-order chi connectivity index (χ0) is 16.6. The van der Waals surface area contributed by atoms with E-state index in [1.165, 1.54) is 34.3 Å². The van der Waals surface area contributed by atoms with Crippen molar-refractivity contribution in [1.82, 2.24) is 9.55 Å². The lowest BCUT2D eigenvalue weighted by atomic mass is 10.1. The molecule has 0 aliphatic rings. The van der Waals surface area contributed by atoms with Gasteiger partial charge in [0, 0.05) is 36.6 Å². The van der Waals surface area contributed by atoms with Gasteiger partial charge in [-0.1, -0.05) is 0 Å². The number of benzene rings is 1. The summed E-state index contributed by atoms with van der Waals surface area (Å²) >= 11 is 0. The Labute approximate surface area is 136 Å². The van der Waals surface area contributed by atoms with Gasteiger partial charge in [0.1, 0.15) is 5.82 Å². The van der Waals surface area contributed by atoms with E-state index in [2.05, 4.69) is 41.3 Å². The highest BCUT2D eigenvalue weighted by molar-refractivity contribution is 5.87. The molecule has 120 valence electrons. The molecule has 2 aromatic heterocycles. The van der Waals surface area contributed by atoms with Crippen LogP contribution in [0.15, 0.2) is 36.5 Å². The number of hydrogen-bond acceptors (Lipinski definition) is 2. The van der Waals surface area contributed by atoms with Crippen LogP contribution >= 0.6 is 0 Å². The summed E-state index contributed by atoms with van der Waals surface area (Å²) in [4.78, 5) is 6.71. The van der Waals surface area contributed by atoms with Gasteiger partial charge in [0.25, 0.3) is 0 Å². The van der Waals surface area contributed by atoms with Crippen molar-refractivity contribution in [3.8, 4) is 0 Å². The molecule has 2 heterocycles. The Balaban J connectivity index is 2.03. The number of nitrogens with zero attached hydrogens (tertiary/aromatic N) is 3. The smallest absolute Gasteiger partial charge is 0.123 e. The Morgan fingerprint density at radius 3 is 2.48 bits per heavy atom. The van der Waals surface area contributed by atoms with Gasteiger partial charge in [-0.05, 0) is 56.7 Å². The van der Waals surface area contributed by atoms with E-state index < -0.39 is 0 Å². The number of fused-ring (bicyclic) bond motifs is 1. The third-order valence-corrected chi connectivity index (χ3v) is 4.59. The number of anilines is 1. The molecule has 3 nitrogen and oxygen atoms in total. The predicted octanol–water partition coefficient (Wildman–Crippen LogP) is 4.45. The average molecular weight is 311 g/mol. The summed E-state index contributed by atoms with van der Waals surface area (Å²) in [6.45, 7) is 8.09. The van der Waals surface area contributed by atoms with Gasteiger partial charge >= 0.3 is 0 Å². The Morgan fingerprint density at radius 2 is 1.83 bits per heavy atom. The summed E-state index contributed by atoms with van der Waals surface area (Å²) in [5, 5.41) is 1.27. The molecule has 0 saturated carbocycles. The third kappa shape index (κ3) is 2.69. The van der Waals surface area contributed by atoms with E-state index in [-0.39, 0.29) is 5.82 Å². The standard InChI is InChI=1S/C19H22FN3/c1-5-23-14(3)13(2)17-10-11-21-18(19(17)23)12-22(4)16-8-6-15(20)7-9-16/h6-11H,5,12H2,1-4H3. The van der Waals surface area contributed by atoms with Gasteiger partial charge in [-0.2, -0.15) is 0 Å².